The lowest BCUT2D eigenvalue weighted by molar-refractivity contribution is 0.0653. The maximum atomic E-state index is 11.8. The van der Waals surface area contributed by atoms with Gasteiger partial charge in [0.25, 0.3) is 5.91 Å². The number of carbonyl (C=O) groups excluding carboxylic acids is 1. The zero-order valence-electron chi connectivity index (χ0n) is 9.31. The fraction of sp³-hybridized carbons (Fsp3) is 0.417. The van der Waals surface area contributed by atoms with Crippen LogP contribution in [0.15, 0.2) is 30.3 Å². The summed E-state index contributed by atoms with van der Waals surface area (Å²) in [6, 6.07) is 8.72. The molecule has 4 nitrogen and oxygen atoms in total. The van der Waals surface area contributed by atoms with E-state index in [1.807, 2.05) is 6.07 Å². The SMILES string of the molecule is CCC(CO)(CO)NC(=O)c1ccccc1. The molecule has 0 aliphatic heterocycles. The van der Waals surface area contributed by atoms with E-state index in [1.165, 1.54) is 0 Å². The molecular weight excluding hydrogens is 206 g/mol. The molecule has 0 spiro atoms. The van der Waals surface area contributed by atoms with Gasteiger partial charge in [-0.05, 0) is 18.6 Å². The number of nitrogens with one attached hydrogen (secondary N) is 1. The molecule has 1 amide bonds. The van der Waals surface area contributed by atoms with Gasteiger partial charge < -0.3 is 15.5 Å². The highest BCUT2D eigenvalue weighted by molar-refractivity contribution is 5.94. The largest absolute Gasteiger partial charge is 0.394 e. The first kappa shape index (κ1) is 12.7. The van der Waals surface area contributed by atoms with Gasteiger partial charge in [0.2, 0.25) is 0 Å². The van der Waals surface area contributed by atoms with E-state index in [0.717, 1.165) is 0 Å². The lowest BCUT2D eigenvalue weighted by Crippen LogP contribution is -2.53. The Morgan fingerprint density at radius 1 is 1.25 bits per heavy atom. The standard InChI is InChI=1S/C12H17NO3/c1-2-12(8-14,9-15)13-11(16)10-6-4-3-5-7-10/h3-7,14-15H,2,8-9H2,1H3,(H,13,16). The molecule has 0 saturated carbocycles. The zero-order valence-corrected chi connectivity index (χ0v) is 9.31. The average molecular weight is 223 g/mol. The molecule has 0 aliphatic carbocycles. The number of carbonyl (C=O) groups is 1. The Bertz CT molecular complexity index is 325. The van der Waals surface area contributed by atoms with Gasteiger partial charge in [0.15, 0.2) is 0 Å². The van der Waals surface area contributed by atoms with Crippen molar-refractivity contribution in [3.63, 3.8) is 0 Å². The van der Waals surface area contributed by atoms with Gasteiger partial charge in [0.05, 0.1) is 18.8 Å². The van der Waals surface area contributed by atoms with E-state index in [-0.39, 0.29) is 19.1 Å². The molecule has 0 heterocycles. The van der Waals surface area contributed by atoms with Crippen molar-refractivity contribution in [2.45, 2.75) is 18.9 Å². The van der Waals surface area contributed by atoms with E-state index in [1.54, 1.807) is 31.2 Å². The van der Waals surface area contributed by atoms with Crippen molar-refractivity contribution in [3.05, 3.63) is 35.9 Å². The topological polar surface area (TPSA) is 69.6 Å². The minimum absolute atomic E-state index is 0.279. The third-order valence-corrected chi connectivity index (χ3v) is 2.70. The summed E-state index contributed by atoms with van der Waals surface area (Å²) in [6.07, 6.45) is 0.471. The molecule has 0 unspecified atom stereocenters. The second-order valence-electron chi connectivity index (χ2n) is 3.77. The fourth-order valence-corrected chi connectivity index (χ4v) is 1.34. The van der Waals surface area contributed by atoms with Gasteiger partial charge in [-0.1, -0.05) is 25.1 Å². The molecule has 0 aromatic heterocycles. The van der Waals surface area contributed by atoms with Gasteiger partial charge in [0.1, 0.15) is 0 Å². The summed E-state index contributed by atoms with van der Waals surface area (Å²) in [5.41, 5.74) is -0.422. The smallest absolute Gasteiger partial charge is 0.251 e. The second kappa shape index (κ2) is 5.63. The van der Waals surface area contributed by atoms with Crippen LogP contribution in [-0.2, 0) is 0 Å². The van der Waals surface area contributed by atoms with Gasteiger partial charge >= 0.3 is 0 Å². The Hall–Kier alpha value is -1.39. The van der Waals surface area contributed by atoms with Gasteiger partial charge in [0, 0.05) is 5.56 Å². The first-order valence-electron chi connectivity index (χ1n) is 5.27. The molecule has 0 aliphatic rings. The normalized spacial score (nSPS) is 11.2. The van der Waals surface area contributed by atoms with E-state index in [0.29, 0.717) is 12.0 Å². The molecular formula is C12H17NO3. The van der Waals surface area contributed by atoms with Crippen molar-refractivity contribution in [2.24, 2.45) is 0 Å². The number of hydrogen-bond donors (Lipinski definition) is 3. The monoisotopic (exact) mass is 223 g/mol. The zero-order chi connectivity index (χ0) is 12.0. The molecule has 16 heavy (non-hydrogen) atoms. The summed E-state index contributed by atoms with van der Waals surface area (Å²) in [7, 11) is 0. The number of rotatable bonds is 5. The fourth-order valence-electron chi connectivity index (χ4n) is 1.34. The van der Waals surface area contributed by atoms with Crippen molar-refractivity contribution in [1.82, 2.24) is 5.32 Å². The Labute approximate surface area is 94.9 Å². The predicted octanol–water partition coefficient (Wildman–Crippen LogP) is 0.550. The number of benzene rings is 1. The van der Waals surface area contributed by atoms with Crippen molar-refractivity contribution in [1.29, 1.82) is 0 Å². The number of aliphatic hydroxyl groups is 2. The highest BCUT2D eigenvalue weighted by atomic mass is 16.3. The van der Waals surface area contributed by atoms with Crippen molar-refractivity contribution in [3.8, 4) is 0 Å². The molecule has 0 radical (unpaired) electrons. The number of hydrogen-bond acceptors (Lipinski definition) is 3. The molecule has 88 valence electrons. The third-order valence-electron chi connectivity index (χ3n) is 2.70. The van der Waals surface area contributed by atoms with Crippen LogP contribution in [0.2, 0.25) is 0 Å². The van der Waals surface area contributed by atoms with Crippen LogP contribution in [0, 0.1) is 0 Å². The minimum atomic E-state index is -0.938. The maximum absolute atomic E-state index is 11.8. The second-order valence-corrected chi connectivity index (χ2v) is 3.77. The highest BCUT2D eigenvalue weighted by Gasteiger charge is 2.28. The molecule has 0 atom stereocenters. The molecule has 1 rings (SSSR count). The molecule has 0 bridgehead atoms. The van der Waals surface area contributed by atoms with Crippen molar-refractivity contribution >= 4 is 5.91 Å². The van der Waals surface area contributed by atoms with E-state index in [9.17, 15) is 15.0 Å². The number of amides is 1. The van der Waals surface area contributed by atoms with E-state index >= 15 is 0 Å². The molecule has 0 fully saturated rings. The van der Waals surface area contributed by atoms with Crippen LogP contribution in [0.25, 0.3) is 0 Å². The van der Waals surface area contributed by atoms with E-state index in [2.05, 4.69) is 5.32 Å². The summed E-state index contributed by atoms with van der Waals surface area (Å²) in [5, 5.41) is 21.1. The van der Waals surface area contributed by atoms with Crippen LogP contribution < -0.4 is 5.32 Å². The predicted molar refractivity (Wildman–Crippen MR) is 61.1 cm³/mol. The Morgan fingerprint density at radius 2 is 1.81 bits per heavy atom. The van der Waals surface area contributed by atoms with E-state index in [4.69, 9.17) is 0 Å². The van der Waals surface area contributed by atoms with Crippen LogP contribution in [0.1, 0.15) is 23.7 Å². The van der Waals surface area contributed by atoms with Crippen LogP contribution in [-0.4, -0.2) is 34.9 Å². The van der Waals surface area contributed by atoms with Gasteiger partial charge in [-0.2, -0.15) is 0 Å². The Kier molecular flexibility index (Phi) is 4.46. The number of aliphatic hydroxyl groups excluding tert-OH is 2. The Balaban J connectivity index is 2.77. The molecule has 1 aromatic carbocycles. The summed E-state index contributed by atoms with van der Waals surface area (Å²) < 4.78 is 0. The van der Waals surface area contributed by atoms with Gasteiger partial charge in [-0.15, -0.1) is 0 Å². The molecule has 1 aromatic rings. The van der Waals surface area contributed by atoms with E-state index < -0.39 is 5.54 Å². The summed E-state index contributed by atoms with van der Waals surface area (Å²) >= 11 is 0. The van der Waals surface area contributed by atoms with Gasteiger partial charge in [-0.25, -0.2) is 0 Å². The van der Waals surface area contributed by atoms with Crippen LogP contribution >= 0.6 is 0 Å². The third kappa shape index (κ3) is 2.81. The summed E-state index contributed by atoms with van der Waals surface area (Å²) in [5.74, 6) is -0.287. The summed E-state index contributed by atoms with van der Waals surface area (Å²) in [6.45, 7) is 1.24. The molecule has 3 N–H and O–H groups in total. The van der Waals surface area contributed by atoms with Crippen molar-refractivity contribution in [2.75, 3.05) is 13.2 Å². The lowest BCUT2D eigenvalue weighted by Gasteiger charge is -2.29. The minimum Gasteiger partial charge on any atom is -0.394 e. The maximum Gasteiger partial charge on any atom is 0.251 e. The lowest BCUT2D eigenvalue weighted by atomic mass is 9.98. The highest BCUT2D eigenvalue weighted by Crippen LogP contribution is 2.10. The summed E-state index contributed by atoms with van der Waals surface area (Å²) in [4.78, 5) is 11.8. The molecule has 0 saturated heterocycles. The first-order valence-corrected chi connectivity index (χ1v) is 5.27. The van der Waals surface area contributed by atoms with Crippen molar-refractivity contribution < 1.29 is 15.0 Å². The van der Waals surface area contributed by atoms with Gasteiger partial charge in [-0.3, -0.25) is 4.79 Å². The van der Waals surface area contributed by atoms with Crippen LogP contribution in [0.5, 0.6) is 0 Å². The first-order chi connectivity index (χ1) is 7.67. The average Bonchev–Trinajstić information content (AvgIpc) is 2.37. The quantitative estimate of drug-likeness (QED) is 0.682. The van der Waals surface area contributed by atoms with Crippen LogP contribution in [0.4, 0.5) is 0 Å². The molecule has 4 heteroatoms. The van der Waals surface area contributed by atoms with Crippen LogP contribution in [0.3, 0.4) is 0 Å². The Morgan fingerprint density at radius 3 is 2.25 bits per heavy atom.